The van der Waals surface area contributed by atoms with Crippen molar-refractivity contribution in [2.45, 2.75) is 6.04 Å². The van der Waals surface area contributed by atoms with Crippen LogP contribution < -0.4 is 13.7 Å². The van der Waals surface area contributed by atoms with Crippen molar-refractivity contribution in [2.75, 3.05) is 4.57 Å². The summed E-state index contributed by atoms with van der Waals surface area (Å²) in [5.74, 6) is 2.58. The maximum atomic E-state index is 2.41. The van der Waals surface area contributed by atoms with Crippen molar-refractivity contribution >= 4 is 21.3 Å². The quantitative estimate of drug-likeness (QED) is 0.526. The molecule has 2 aromatic rings. The lowest BCUT2D eigenvalue weighted by Crippen LogP contribution is -2.42. The van der Waals surface area contributed by atoms with Gasteiger partial charge in [-0.15, -0.1) is 0 Å². The monoisotopic (exact) mass is 241 g/mol. The molecule has 0 aliphatic carbocycles. The third-order valence-electron chi connectivity index (χ3n) is 3.12. The summed E-state index contributed by atoms with van der Waals surface area (Å²) in [7, 11) is 5.01. The minimum Gasteiger partial charge on any atom is -0.241 e. The molecule has 0 atom stereocenters. The van der Waals surface area contributed by atoms with Crippen LogP contribution in [-0.4, -0.2) is 9.68 Å². The molecule has 0 bridgehead atoms. The van der Waals surface area contributed by atoms with Gasteiger partial charge in [0, 0.05) is 17.7 Å². The van der Waals surface area contributed by atoms with Crippen molar-refractivity contribution in [1.82, 2.24) is 0 Å². The summed E-state index contributed by atoms with van der Waals surface area (Å²) in [4.78, 5) is 0. The first-order chi connectivity index (χ1) is 8.27. The fourth-order valence-electron chi connectivity index (χ4n) is 2.27. The Balaban J connectivity index is 2.13. The van der Waals surface area contributed by atoms with E-state index in [2.05, 4.69) is 70.5 Å². The van der Waals surface area contributed by atoms with E-state index in [9.17, 15) is 0 Å². The normalized spacial score (nSPS) is 13.9. The van der Waals surface area contributed by atoms with Gasteiger partial charge in [0.25, 0.3) is 11.6 Å². The van der Waals surface area contributed by atoms with Gasteiger partial charge in [-0.25, -0.2) is 13.7 Å². The standard InChI is InChI=1S/C13H15N3Si/c1-14-8-4-3-7-12(14)16-13-11(10-17-16)6-5-9-15(13)2/h3-9H,10H2,1-2H3/q+2. The highest BCUT2D eigenvalue weighted by Gasteiger charge is 2.34. The van der Waals surface area contributed by atoms with E-state index in [1.807, 2.05) is 0 Å². The Hall–Kier alpha value is -1.68. The molecular weight excluding hydrogens is 226 g/mol. The number of anilines is 2. The van der Waals surface area contributed by atoms with Gasteiger partial charge in [0.05, 0.1) is 26.5 Å². The van der Waals surface area contributed by atoms with E-state index >= 15 is 0 Å². The molecule has 2 radical (unpaired) electrons. The van der Waals surface area contributed by atoms with E-state index < -0.39 is 0 Å². The molecule has 0 spiro atoms. The van der Waals surface area contributed by atoms with E-state index in [0.717, 1.165) is 15.7 Å². The highest BCUT2D eigenvalue weighted by molar-refractivity contribution is 6.45. The van der Waals surface area contributed by atoms with Gasteiger partial charge in [-0.3, -0.25) is 0 Å². The first-order valence-corrected chi connectivity index (χ1v) is 6.88. The lowest BCUT2D eigenvalue weighted by atomic mass is 10.3. The molecule has 0 fully saturated rings. The van der Waals surface area contributed by atoms with Gasteiger partial charge in [0.15, 0.2) is 0 Å². The minimum absolute atomic E-state index is 0.799. The zero-order valence-electron chi connectivity index (χ0n) is 10.1. The van der Waals surface area contributed by atoms with Crippen LogP contribution in [0.2, 0.25) is 0 Å². The number of aryl methyl sites for hydroxylation is 2. The van der Waals surface area contributed by atoms with Gasteiger partial charge < -0.3 is 0 Å². The summed E-state index contributed by atoms with van der Waals surface area (Å²) >= 11 is 0. The second-order valence-electron chi connectivity index (χ2n) is 4.31. The first-order valence-electron chi connectivity index (χ1n) is 5.73. The van der Waals surface area contributed by atoms with Gasteiger partial charge in [-0.05, 0) is 18.2 Å². The molecular formula is C13H15N3Si+2. The Morgan fingerprint density at radius 2 is 1.88 bits per heavy atom. The third-order valence-corrected chi connectivity index (χ3v) is 4.42. The molecule has 1 aliphatic rings. The summed E-state index contributed by atoms with van der Waals surface area (Å²) in [6.07, 6.45) is 4.21. The fourth-order valence-corrected chi connectivity index (χ4v) is 3.72. The Morgan fingerprint density at radius 3 is 2.71 bits per heavy atom. The first kappa shape index (κ1) is 10.5. The number of nitrogens with zero attached hydrogens (tertiary/aromatic N) is 3. The van der Waals surface area contributed by atoms with E-state index in [1.165, 1.54) is 17.2 Å². The van der Waals surface area contributed by atoms with E-state index in [4.69, 9.17) is 0 Å². The molecule has 3 nitrogen and oxygen atoms in total. The highest BCUT2D eigenvalue weighted by atomic mass is 28.2. The van der Waals surface area contributed by atoms with Gasteiger partial charge in [0.2, 0.25) is 0 Å². The predicted molar refractivity (Wildman–Crippen MR) is 66.8 cm³/mol. The van der Waals surface area contributed by atoms with Crippen LogP contribution in [0.5, 0.6) is 0 Å². The van der Waals surface area contributed by atoms with Crippen molar-refractivity contribution in [3.63, 3.8) is 0 Å². The van der Waals surface area contributed by atoms with Gasteiger partial charge >= 0.3 is 9.68 Å². The van der Waals surface area contributed by atoms with Crippen molar-refractivity contribution in [3.8, 4) is 0 Å². The second kappa shape index (κ2) is 3.96. The molecule has 17 heavy (non-hydrogen) atoms. The summed E-state index contributed by atoms with van der Waals surface area (Å²) in [5.41, 5.74) is 1.44. The zero-order valence-corrected chi connectivity index (χ0v) is 11.1. The summed E-state index contributed by atoms with van der Waals surface area (Å²) in [6, 6.07) is 11.8. The summed E-state index contributed by atoms with van der Waals surface area (Å²) in [5, 5.41) is 0. The Morgan fingerprint density at radius 1 is 1.06 bits per heavy atom. The van der Waals surface area contributed by atoms with Gasteiger partial charge in [-0.2, -0.15) is 0 Å². The van der Waals surface area contributed by atoms with E-state index in [-0.39, 0.29) is 0 Å². The molecule has 1 aliphatic heterocycles. The topological polar surface area (TPSA) is 11.0 Å². The number of fused-ring (bicyclic) bond motifs is 1. The molecule has 3 heterocycles. The van der Waals surface area contributed by atoms with Gasteiger partial charge in [-0.1, -0.05) is 6.07 Å². The molecule has 0 N–H and O–H groups in total. The molecule has 3 rings (SSSR count). The van der Waals surface area contributed by atoms with Crippen molar-refractivity contribution in [1.29, 1.82) is 0 Å². The van der Waals surface area contributed by atoms with Crippen LogP contribution in [0.15, 0.2) is 42.7 Å². The third kappa shape index (κ3) is 1.65. The van der Waals surface area contributed by atoms with Crippen LogP contribution in [-0.2, 0) is 20.1 Å². The van der Waals surface area contributed by atoms with E-state index in [1.54, 1.807) is 0 Å². The highest BCUT2D eigenvalue weighted by Crippen LogP contribution is 2.27. The Labute approximate surface area is 104 Å². The lowest BCUT2D eigenvalue weighted by Gasteiger charge is -2.13. The predicted octanol–water partition coefficient (Wildman–Crippen LogP) is 0.606. The van der Waals surface area contributed by atoms with Crippen LogP contribution in [0.3, 0.4) is 0 Å². The molecule has 0 aromatic carbocycles. The molecule has 4 heteroatoms. The van der Waals surface area contributed by atoms with Crippen molar-refractivity contribution in [3.05, 3.63) is 48.3 Å². The SMILES string of the molecule is C[n+]1ccccc1N1[Si]Cc2ccc[n+](C)c21. The number of hydrogen-bond acceptors (Lipinski definition) is 1. The smallest absolute Gasteiger partial charge is 0.241 e. The average Bonchev–Trinajstić information content (AvgIpc) is 2.75. The van der Waals surface area contributed by atoms with Crippen LogP contribution >= 0.6 is 0 Å². The van der Waals surface area contributed by atoms with Crippen molar-refractivity contribution < 1.29 is 9.13 Å². The van der Waals surface area contributed by atoms with Crippen LogP contribution in [0.1, 0.15) is 5.56 Å². The largest absolute Gasteiger partial charge is 0.348 e. The molecule has 0 amide bonds. The Kier molecular flexibility index (Phi) is 2.44. The molecule has 0 unspecified atom stereocenters. The minimum atomic E-state index is 0.799. The molecule has 0 saturated carbocycles. The molecule has 2 aromatic heterocycles. The number of pyridine rings is 2. The molecule has 84 valence electrons. The summed E-state index contributed by atoms with van der Waals surface area (Å²) < 4.78 is 6.80. The summed E-state index contributed by atoms with van der Waals surface area (Å²) in [6.45, 7) is 0. The van der Waals surface area contributed by atoms with Crippen LogP contribution in [0, 0.1) is 0 Å². The second-order valence-corrected chi connectivity index (χ2v) is 5.42. The van der Waals surface area contributed by atoms with E-state index in [0.29, 0.717) is 0 Å². The van der Waals surface area contributed by atoms with Crippen molar-refractivity contribution in [2.24, 2.45) is 14.1 Å². The van der Waals surface area contributed by atoms with Gasteiger partial charge in [0.1, 0.15) is 0 Å². The Bertz CT molecular complexity index is 568. The maximum absolute atomic E-state index is 2.41. The molecule has 0 saturated heterocycles. The lowest BCUT2D eigenvalue weighted by molar-refractivity contribution is -0.667. The number of aromatic nitrogens is 2. The van der Waals surface area contributed by atoms with Crippen LogP contribution in [0.4, 0.5) is 11.6 Å². The zero-order chi connectivity index (χ0) is 11.8. The maximum Gasteiger partial charge on any atom is 0.348 e. The fraction of sp³-hybridized carbons (Fsp3) is 0.231. The number of hydrogen-bond donors (Lipinski definition) is 0. The van der Waals surface area contributed by atoms with Crippen LogP contribution in [0.25, 0.3) is 0 Å². The average molecular weight is 241 g/mol. The number of rotatable bonds is 1.